The van der Waals surface area contributed by atoms with Gasteiger partial charge < -0.3 is 65.1 Å². The molecule has 0 bridgehead atoms. The number of unbranched alkanes of at least 4 members (excludes halogenated alkanes) is 39. The van der Waals surface area contributed by atoms with Gasteiger partial charge in [-0.25, -0.2) is 0 Å². The Bertz CT molecular complexity index is 1510. The number of hydrogen-bond donors (Lipinski definition) is 9. The third-order valence-electron chi connectivity index (χ3n) is 16.8. The Labute approximate surface area is 500 Å². The SMILES string of the molecule is CCCCCCCC/C=C\CCCCCCCC(=O)NC(COC1OC(CO)C(OC2OC(CO)C(O)C(O)C2O)C(O)C1O)C(O)/C=C/CC/C=C/CCCCCCCCCCCCCCCCCCCCCCCCCCCCC. The molecule has 0 aromatic carbocycles. The number of hydrogen-bond acceptors (Lipinski definition) is 13. The van der Waals surface area contributed by atoms with Gasteiger partial charge in [-0.1, -0.05) is 269 Å². The minimum absolute atomic E-state index is 0.255. The molecule has 2 rings (SSSR count). The van der Waals surface area contributed by atoms with Gasteiger partial charge in [0.2, 0.25) is 5.91 Å². The molecule has 82 heavy (non-hydrogen) atoms. The molecule has 482 valence electrons. The van der Waals surface area contributed by atoms with E-state index in [-0.39, 0.29) is 18.9 Å². The first-order valence-electron chi connectivity index (χ1n) is 34.2. The highest BCUT2D eigenvalue weighted by Gasteiger charge is 2.51. The fourth-order valence-corrected chi connectivity index (χ4v) is 11.3. The van der Waals surface area contributed by atoms with E-state index in [1.807, 2.05) is 6.08 Å². The fourth-order valence-electron chi connectivity index (χ4n) is 11.3. The second kappa shape index (κ2) is 53.4. The van der Waals surface area contributed by atoms with Gasteiger partial charge in [0.1, 0.15) is 48.8 Å². The minimum atomic E-state index is -1.79. The van der Waals surface area contributed by atoms with Crippen molar-refractivity contribution in [3.8, 4) is 0 Å². The number of carbonyl (C=O) groups is 1. The summed E-state index contributed by atoms with van der Waals surface area (Å²) in [7, 11) is 0. The monoisotopic (exact) mass is 1170 g/mol. The molecule has 12 unspecified atom stereocenters. The van der Waals surface area contributed by atoms with Gasteiger partial charge >= 0.3 is 0 Å². The van der Waals surface area contributed by atoms with Crippen molar-refractivity contribution in [2.75, 3.05) is 19.8 Å². The second-order valence-electron chi connectivity index (χ2n) is 24.3. The minimum Gasteiger partial charge on any atom is -0.394 e. The molecule has 9 N–H and O–H groups in total. The smallest absolute Gasteiger partial charge is 0.220 e. The topological polar surface area (TPSA) is 228 Å². The van der Waals surface area contributed by atoms with Gasteiger partial charge in [0.05, 0.1) is 32.0 Å². The van der Waals surface area contributed by atoms with E-state index in [1.54, 1.807) is 6.08 Å². The van der Waals surface area contributed by atoms with E-state index in [2.05, 4.69) is 43.5 Å². The molecule has 0 aliphatic carbocycles. The summed E-state index contributed by atoms with van der Waals surface area (Å²) in [5.41, 5.74) is 0. The number of nitrogens with one attached hydrogen (secondary N) is 1. The van der Waals surface area contributed by atoms with Gasteiger partial charge in [-0.2, -0.15) is 0 Å². The third-order valence-corrected chi connectivity index (χ3v) is 16.8. The zero-order chi connectivity index (χ0) is 59.5. The lowest BCUT2D eigenvalue weighted by Crippen LogP contribution is -2.65. The highest BCUT2D eigenvalue weighted by molar-refractivity contribution is 5.76. The normalized spacial score (nSPS) is 24.1. The predicted octanol–water partition coefficient (Wildman–Crippen LogP) is 13.3. The van der Waals surface area contributed by atoms with Crippen LogP contribution in [0.25, 0.3) is 0 Å². The van der Waals surface area contributed by atoms with Crippen LogP contribution in [0.2, 0.25) is 0 Å². The summed E-state index contributed by atoms with van der Waals surface area (Å²) in [5, 5.41) is 87.2. The average molecular weight is 1170 g/mol. The Morgan fingerprint density at radius 1 is 0.427 bits per heavy atom. The van der Waals surface area contributed by atoms with E-state index in [9.17, 15) is 45.6 Å². The highest BCUT2D eigenvalue weighted by atomic mass is 16.7. The summed E-state index contributed by atoms with van der Waals surface area (Å²) in [6.45, 7) is 2.80. The van der Waals surface area contributed by atoms with Crippen molar-refractivity contribution >= 4 is 5.91 Å². The molecular weight excluding hydrogens is 1040 g/mol. The molecule has 0 aromatic rings. The van der Waals surface area contributed by atoms with Crippen LogP contribution < -0.4 is 5.32 Å². The van der Waals surface area contributed by atoms with Crippen LogP contribution in [0.1, 0.15) is 296 Å². The summed E-state index contributed by atoms with van der Waals surface area (Å²) >= 11 is 0. The zero-order valence-corrected chi connectivity index (χ0v) is 52.2. The summed E-state index contributed by atoms with van der Waals surface area (Å²) in [6.07, 6.45) is 50.8. The molecular formula is C68H127NO13. The molecule has 0 radical (unpaired) electrons. The van der Waals surface area contributed by atoms with Crippen LogP contribution >= 0.6 is 0 Å². The molecule has 0 spiro atoms. The molecule has 0 saturated carbocycles. The van der Waals surface area contributed by atoms with Gasteiger partial charge in [-0.3, -0.25) is 4.79 Å². The van der Waals surface area contributed by atoms with Crippen LogP contribution in [0.15, 0.2) is 36.5 Å². The molecule has 2 aliphatic heterocycles. The van der Waals surface area contributed by atoms with Crippen molar-refractivity contribution in [3.05, 3.63) is 36.5 Å². The Kier molecular flexibility index (Phi) is 49.7. The van der Waals surface area contributed by atoms with Gasteiger partial charge in [0.25, 0.3) is 0 Å². The van der Waals surface area contributed by atoms with Crippen molar-refractivity contribution < 1.29 is 64.6 Å². The van der Waals surface area contributed by atoms with E-state index in [4.69, 9.17) is 18.9 Å². The molecule has 12 atom stereocenters. The van der Waals surface area contributed by atoms with Crippen molar-refractivity contribution in [2.24, 2.45) is 0 Å². The lowest BCUT2D eigenvalue weighted by molar-refractivity contribution is -0.359. The second-order valence-corrected chi connectivity index (χ2v) is 24.3. The molecule has 1 amide bonds. The molecule has 2 fully saturated rings. The maximum Gasteiger partial charge on any atom is 0.220 e. The number of aliphatic hydroxyl groups is 8. The van der Waals surface area contributed by atoms with Crippen LogP contribution in [0.3, 0.4) is 0 Å². The van der Waals surface area contributed by atoms with Gasteiger partial charge in [0, 0.05) is 6.42 Å². The van der Waals surface area contributed by atoms with Crippen LogP contribution in [0.4, 0.5) is 0 Å². The predicted molar refractivity (Wildman–Crippen MR) is 332 cm³/mol. The van der Waals surface area contributed by atoms with Crippen molar-refractivity contribution in [3.63, 3.8) is 0 Å². The number of amides is 1. The Hall–Kier alpha value is -1.79. The number of allylic oxidation sites excluding steroid dienone is 5. The van der Waals surface area contributed by atoms with Crippen LogP contribution in [-0.2, 0) is 23.7 Å². The largest absolute Gasteiger partial charge is 0.394 e. The first-order chi connectivity index (χ1) is 40.1. The van der Waals surface area contributed by atoms with Crippen molar-refractivity contribution in [1.29, 1.82) is 0 Å². The Morgan fingerprint density at radius 2 is 0.780 bits per heavy atom. The van der Waals surface area contributed by atoms with Gasteiger partial charge in [-0.05, 0) is 57.8 Å². The Morgan fingerprint density at radius 3 is 1.20 bits per heavy atom. The molecule has 0 aromatic heterocycles. The molecule has 14 nitrogen and oxygen atoms in total. The lowest BCUT2D eigenvalue weighted by atomic mass is 9.97. The van der Waals surface area contributed by atoms with Crippen LogP contribution in [-0.4, -0.2) is 140 Å². The maximum absolute atomic E-state index is 13.3. The number of ether oxygens (including phenoxy) is 4. The van der Waals surface area contributed by atoms with Gasteiger partial charge in [-0.15, -0.1) is 0 Å². The van der Waals surface area contributed by atoms with E-state index < -0.39 is 86.8 Å². The first kappa shape index (κ1) is 76.3. The molecule has 2 aliphatic rings. The molecule has 2 saturated heterocycles. The van der Waals surface area contributed by atoms with Crippen LogP contribution in [0, 0.1) is 0 Å². The highest BCUT2D eigenvalue weighted by Crippen LogP contribution is 2.30. The lowest BCUT2D eigenvalue weighted by Gasteiger charge is -2.46. The summed E-state index contributed by atoms with van der Waals surface area (Å²) in [6, 6.07) is -0.936. The Balaban J connectivity index is 1.66. The molecule has 2 heterocycles. The maximum atomic E-state index is 13.3. The average Bonchev–Trinajstić information content (AvgIpc) is 3.53. The van der Waals surface area contributed by atoms with E-state index in [1.165, 1.54) is 212 Å². The van der Waals surface area contributed by atoms with E-state index in [0.29, 0.717) is 12.8 Å². The van der Waals surface area contributed by atoms with Crippen LogP contribution in [0.5, 0.6) is 0 Å². The van der Waals surface area contributed by atoms with E-state index in [0.717, 1.165) is 51.4 Å². The fraction of sp³-hybridized carbons (Fsp3) is 0.897. The van der Waals surface area contributed by atoms with Crippen molar-refractivity contribution in [2.45, 2.75) is 370 Å². The standard InChI is InChI=1S/C68H127NO13/c1-3-5-7-9-11-13-15-17-19-20-21-22-23-24-25-26-27-28-29-30-31-32-33-34-35-36-38-39-41-43-45-47-49-51-57(72)56(69-60(73)52-50-48-46-44-42-40-37-18-16-14-12-10-8-6-4-2)55-79-67-65(78)63(76)66(59(54-71)81-67)82-68-64(77)62(75)61(74)58(53-70)80-68/h18,37,41,43,49,51,56-59,61-68,70-72,74-78H,3-17,19-36,38-40,42,44-48,50,52-55H2,1-2H3,(H,69,73)/b37-18-,43-41+,51-49+. The van der Waals surface area contributed by atoms with E-state index >= 15 is 0 Å². The zero-order valence-electron chi connectivity index (χ0n) is 52.2. The van der Waals surface area contributed by atoms with Crippen molar-refractivity contribution in [1.82, 2.24) is 5.32 Å². The number of aliphatic hydroxyl groups excluding tert-OH is 8. The van der Waals surface area contributed by atoms with Gasteiger partial charge in [0.15, 0.2) is 12.6 Å². The summed E-state index contributed by atoms with van der Waals surface area (Å²) < 4.78 is 22.8. The number of carbonyl (C=O) groups excluding carboxylic acids is 1. The molecule has 14 heteroatoms. The first-order valence-corrected chi connectivity index (χ1v) is 34.2. The summed E-state index contributed by atoms with van der Waals surface area (Å²) in [5.74, 6) is -0.255. The number of rotatable bonds is 56. The third kappa shape index (κ3) is 37.7. The quantitative estimate of drug-likeness (QED) is 0.0204. The summed E-state index contributed by atoms with van der Waals surface area (Å²) in [4.78, 5) is 13.3.